The molecule has 1 amide bonds. The Morgan fingerprint density at radius 3 is 2.50 bits per heavy atom. The van der Waals surface area contributed by atoms with E-state index in [0.29, 0.717) is 18.9 Å². The van der Waals surface area contributed by atoms with Crippen molar-refractivity contribution in [2.45, 2.75) is 12.5 Å². The fourth-order valence-electron chi connectivity index (χ4n) is 2.73. The van der Waals surface area contributed by atoms with Crippen LogP contribution in [0.1, 0.15) is 5.56 Å². The lowest BCUT2D eigenvalue weighted by Gasteiger charge is -2.33. The Labute approximate surface area is 149 Å². The number of rotatable bonds is 5. The van der Waals surface area contributed by atoms with Gasteiger partial charge < -0.3 is 14.4 Å². The zero-order valence-corrected chi connectivity index (χ0v) is 14.0. The smallest absolute Gasteiger partial charge is 0.227 e. The number of nitrogens with zero attached hydrogens (tertiary/aromatic N) is 1. The third kappa shape index (κ3) is 4.54. The van der Waals surface area contributed by atoms with Crippen LogP contribution in [0.15, 0.2) is 42.5 Å². The summed E-state index contributed by atoms with van der Waals surface area (Å²) < 4.78 is 51.4. The summed E-state index contributed by atoms with van der Waals surface area (Å²) in [6, 6.07) is 9.10. The number of ether oxygens (including phenoxy) is 2. The minimum atomic E-state index is -0.734. The zero-order chi connectivity index (χ0) is 18.5. The van der Waals surface area contributed by atoms with Crippen molar-refractivity contribution in [1.82, 2.24) is 4.90 Å². The largest absolute Gasteiger partial charge is 0.491 e. The highest BCUT2D eigenvalue weighted by atomic mass is 19.1. The molecule has 1 aliphatic heterocycles. The van der Waals surface area contributed by atoms with Gasteiger partial charge in [0, 0.05) is 12.1 Å². The maximum Gasteiger partial charge on any atom is 0.227 e. The highest BCUT2D eigenvalue weighted by Crippen LogP contribution is 2.16. The summed E-state index contributed by atoms with van der Waals surface area (Å²) in [5.41, 5.74) is -0.233. The number of halogens is 3. The molecular weight excluding hydrogens is 347 g/mol. The molecule has 7 heteroatoms. The van der Waals surface area contributed by atoms with Gasteiger partial charge in [-0.3, -0.25) is 4.79 Å². The van der Waals surface area contributed by atoms with E-state index in [-0.39, 0.29) is 43.0 Å². The van der Waals surface area contributed by atoms with Crippen LogP contribution in [0.2, 0.25) is 0 Å². The van der Waals surface area contributed by atoms with E-state index in [1.54, 1.807) is 0 Å². The number of hydrogen-bond acceptors (Lipinski definition) is 3. The molecule has 0 bridgehead atoms. The Morgan fingerprint density at radius 2 is 1.81 bits per heavy atom. The van der Waals surface area contributed by atoms with Gasteiger partial charge in [-0.15, -0.1) is 0 Å². The molecule has 3 rings (SSSR count). The standard InChI is InChI=1S/C19H18F3NO3/c20-13-4-6-14(7-5-13)26-12-15-11-23(8-9-25-15)19(24)10-16-17(21)2-1-3-18(16)22/h1-7,15H,8-12H2. The molecule has 1 saturated heterocycles. The number of hydrogen-bond donors (Lipinski definition) is 0. The predicted molar refractivity (Wildman–Crippen MR) is 88.3 cm³/mol. The number of carbonyl (C=O) groups excluding carboxylic acids is 1. The maximum atomic E-state index is 13.7. The van der Waals surface area contributed by atoms with Crippen LogP contribution in [0.25, 0.3) is 0 Å². The van der Waals surface area contributed by atoms with Crippen molar-refractivity contribution >= 4 is 5.91 Å². The number of amides is 1. The molecule has 0 saturated carbocycles. The molecule has 1 unspecified atom stereocenters. The molecule has 1 heterocycles. The minimum Gasteiger partial charge on any atom is -0.491 e. The Kier molecular flexibility index (Phi) is 5.78. The zero-order valence-electron chi connectivity index (χ0n) is 14.0. The molecular formula is C19H18F3NO3. The van der Waals surface area contributed by atoms with Crippen molar-refractivity contribution in [3.63, 3.8) is 0 Å². The van der Waals surface area contributed by atoms with E-state index in [1.807, 2.05) is 0 Å². The lowest BCUT2D eigenvalue weighted by Crippen LogP contribution is -2.48. The Bertz CT molecular complexity index is 747. The van der Waals surface area contributed by atoms with Gasteiger partial charge >= 0.3 is 0 Å². The van der Waals surface area contributed by atoms with Crippen LogP contribution >= 0.6 is 0 Å². The van der Waals surface area contributed by atoms with Gasteiger partial charge in [0.05, 0.1) is 19.6 Å². The molecule has 4 nitrogen and oxygen atoms in total. The molecule has 1 aliphatic rings. The molecule has 0 N–H and O–H groups in total. The third-order valence-corrected chi connectivity index (χ3v) is 4.13. The Balaban J connectivity index is 1.55. The average Bonchev–Trinajstić information content (AvgIpc) is 2.64. The lowest BCUT2D eigenvalue weighted by molar-refractivity contribution is -0.139. The topological polar surface area (TPSA) is 38.8 Å². The molecule has 1 fully saturated rings. The highest BCUT2D eigenvalue weighted by Gasteiger charge is 2.26. The highest BCUT2D eigenvalue weighted by molar-refractivity contribution is 5.79. The fraction of sp³-hybridized carbons (Fsp3) is 0.316. The van der Waals surface area contributed by atoms with Gasteiger partial charge in [0.15, 0.2) is 0 Å². The molecule has 0 aromatic heterocycles. The van der Waals surface area contributed by atoms with E-state index < -0.39 is 11.6 Å². The molecule has 138 valence electrons. The molecule has 1 atom stereocenters. The van der Waals surface area contributed by atoms with Crippen LogP contribution in [-0.2, 0) is 16.0 Å². The van der Waals surface area contributed by atoms with Crippen molar-refractivity contribution in [1.29, 1.82) is 0 Å². The fourth-order valence-corrected chi connectivity index (χ4v) is 2.73. The normalized spacial score (nSPS) is 17.2. The van der Waals surface area contributed by atoms with Crippen LogP contribution in [0.4, 0.5) is 13.2 Å². The monoisotopic (exact) mass is 365 g/mol. The molecule has 0 aliphatic carbocycles. The first-order valence-electron chi connectivity index (χ1n) is 8.23. The van der Waals surface area contributed by atoms with Gasteiger partial charge in [0.25, 0.3) is 0 Å². The number of morpholine rings is 1. The summed E-state index contributed by atoms with van der Waals surface area (Å²) in [5, 5.41) is 0. The van der Waals surface area contributed by atoms with E-state index in [0.717, 1.165) is 12.1 Å². The van der Waals surface area contributed by atoms with E-state index in [9.17, 15) is 18.0 Å². The van der Waals surface area contributed by atoms with Crippen LogP contribution < -0.4 is 4.74 Å². The van der Waals surface area contributed by atoms with Gasteiger partial charge in [0.1, 0.15) is 35.9 Å². The van der Waals surface area contributed by atoms with Crippen molar-refractivity contribution < 1.29 is 27.4 Å². The molecule has 0 radical (unpaired) electrons. The van der Waals surface area contributed by atoms with Crippen LogP contribution in [0.3, 0.4) is 0 Å². The van der Waals surface area contributed by atoms with Crippen LogP contribution in [0, 0.1) is 17.5 Å². The van der Waals surface area contributed by atoms with E-state index >= 15 is 0 Å². The SMILES string of the molecule is O=C(Cc1c(F)cccc1F)N1CCOC(COc2ccc(F)cc2)C1. The van der Waals surface area contributed by atoms with Crippen LogP contribution in [-0.4, -0.2) is 43.2 Å². The summed E-state index contributed by atoms with van der Waals surface area (Å²) in [7, 11) is 0. The minimum absolute atomic E-state index is 0.184. The van der Waals surface area contributed by atoms with Crippen molar-refractivity contribution in [3.8, 4) is 5.75 Å². The van der Waals surface area contributed by atoms with Crippen molar-refractivity contribution in [2.75, 3.05) is 26.3 Å². The Morgan fingerprint density at radius 1 is 1.12 bits per heavy atom. The predicted octanol–water partition coefficient (Wildman–Crippen LogP) is 2.95. The quantitative estimate of drug-likeness (QED) is 0.818. The Hall–Kier alpha value is -2.54. The summed E-state index contributed by atoms with van der Waals surface area (Å²) in [5.74, 6) is -1.70. The van der Waals surface area contributed by atoms with Gasteiger partial charge in [-0.25, -0.2) is 13.2 Å². The van der Waals surface area contributed by atoms with E-state index in [1.165, 1.54) is 35.2 Å². The second kappa shape index (κ2) is 8.23. The average molecular weight is 365 g/mol. The van der Waals surface area contributed by atoms with E-state index in [4.69, 9.17) is 9.47 Å². The third-order valence-electron chi connectivity index (χ3n) is 4.13. The van der Waals surface area contributed by atoms with Gasteiger partial charge in [0.2, 0.25) is 5.91 Å². The van der Waals surface area contributed by atoms with Crippen LogP contribution in [0.5, 0.6) is 5.75 Å². The molecule has 0 spiro atoms. The van der Waals surface area contributed by atoms with Crippen molar-refractivity contribution in [3.05, 3.63) is 65.5 Å². The van der Waals surface area contributed by atoms with Gasteiger partial charge in [-0.05, 0) is 36.4 Å². The lowest BCUT2D eigenvalue weighted by atomic mass is 10.1. The molecule has 26 heavy (non-hydrogen) atoms. The number of benzene rings is 2. The first kappa shape index (κ1) is 18.3. The first-order chi connectivity index (χ1) is 12.5. The summed E-state index contributed by atoms with van der Waals surface area (Å²) in [6.45, 7) is 1.10. The number of carbonyl (C=O) groups is 1. The summed E-state index contributed by atoms with van der Waals surface area (Å²) >= 11 is 0. The second-order valence-electron chi connectivity index (χ2n) is 5.97. The molecule has 2 aromatic rings. The first-order valence-corrected chi connectivity index (χ1v) is 8.23. The van der Waals surface area contributed by atoms with Crippen molar-refractivity contribution in [2.24, 2.45) is 0 Å². The van der Waals surface area contributed by atoms with Gasteiger partial charge in [-0.2, -0.15) is 0 Å². The van der Waals surface area contributed by atoms with E-state index in [2.05, 4.69) is 0 Å². The summed E-state index contributed by atoms with van der Waals surface area (Å²) in [4.78, 5) is 13.9. The van der Waals surface area contributed by atoms with Gasteiger partial charge in [-0.1, -0.05) is 6.07 Å². The second-order valence-corrected chi connectivity index (χ2v) is 5.97. The summed E-state index contributed by atoms with van der Waals surface area (Å²) in [6.07, 6.45) is -0.715. The maximum absolute atomic E-state index is 13.7. The molecule has 2 aromatic carbocycles.